The molecule has 2 fully saturated rings. The Morgan fingerprint density at radius 1 is 0.939 bits per heavy atom. The van der Waals surface area contributed by atoms with Gasteiger partial charge in [0.1, 0.15) is 23.1 Å². The lowest BCUT2D eigenvalue weighted by Gasteiger charge is -2.27. The van der Waals surface area contributed by atoms with Crippen LogP contribution in [-0.4, -0.2) is 68.4 Å². The number of rotatable bonds is 9. The van der Waals surface area contributed by atoms with Gasteiger partial charge in [-0.05, 0) is 38.3 Å². The lowest BCUT2D eigenvalue weighted by atomic mass is 10.1. The number of hydrogen-bond donors (Lipinski definition) is 1. The maximum Gasteiger partial charge on any atom is 0.224 e. The average Bonchev–Trinajstić information content (AvgIpc) is 3.12. The number of anilines is 2. The SMILES string of the molecule is COc1cc(OC)c(CN2CCCC2CNc2nccc(N3CCCCCC3)n2)c(OC)c1. The van der Waals surface area contributed by atoms with Crippen LogP contribution in [-0.2, 0) is 6.54 Å². The van der Waals surface area contributed by atoms with E-state index >= 15 is 0 Å². The van der Waals surface area contributed by atoms with Crippen LogP contribution in [0.2, 0.25) is 0 Å². The molecule has 1 N–H and O–H groups in total. The Bertz CT molecular complexity index is 876. The second-order valence-electron chi connectivity index (χ2n) is 8.80. The second-order valence-corrected chi connectivity index (χ2v) is 8.80. The molecule has 0 bridgehead atoms. The summed E-state index contributed by atoms with van der Waals surface area (Å²) in [5.41, 5.74) is 1.05. The Kier molecular flexibility index (Phi) is 8.10. The molecule has 0 spiro atoms. The number of nitrogens with zero attached hydrogens (tertiary/aromatic N) is 4. The molecule has 0 saturated carbocycles. The molecule has 8 nitrogen and oxygen atoms in total. The van der Waals surface area contributed by atoms with Gasteiger partial charge in [0, 0.05) is 50.6 Å². The summed E-state index contributed by atoms with van der Waals surface area (Å²) in [4.78, 5) is 14.2. The summed E-state index contributed by atoms with van der Waals surface area (Å²) in [6.45, 7) is 4.78. The minimum atomic E-state index is 0.395. The van der Waals surface area contributed by atoms with Gasteiger partial charge in [0.05, 0.1) is 26.9 Å². The maximum absolute atomic E-state index is 5.66. The normalized spacial score (nSPS) is 19.2. The van der Waals surface area contributed by atoms with Crippen molar-refractivity contribution in [2.75, 3.05) is 57.7 Å². The van der Waals surface area contributed by atoms with Crippen molar-refractivity contribution in [3.05, 3.63) is 30.0 Å². The van der Waals surface area contributed by atoms with E-state index in [2.05, 4.69) is 20.1 Å². The first-order chi connectivity index (χ1) is 16.2. The Balaban J connectivity index is 1.41. The van der Waals surface area contributed by atoms with E-state index in [9.17, 15) is 0 Å². The van der Waals surface area contributed by atoms with E-state index < -0.39 is 0 Å². The molecule has 2 aliphatic rings. The van der Waals surface area contributed by atoms with Gasteiger partial charge >= 0.3 is 0 Å². The summed E-state index contributed by atoms with van der Waals surface area (Å²) in [5, 5.41) is 3.50. The van der Waals surface area contributed by atoms with Crippen LogP contribution in [0.4, 0.5) is 11.8 Å². The van der Waals surface area contributed by atoms with Crippen molar-refractivity contribution in [1.82, 2.24) is 14.9 Å². The van der Waals surface area contributed by atoms with E-state index in [1.54, 1.807) is 21.3 Å². The molecule has 4 rings (SSSR count). The fourth-order valence-electron chi connectivity index (χ4n) is 4.89. The number of ether oxygens (including phenoxy) is 3. The predicted octanol–water partition coefficient (Wildman–Crippen LogP) is 3.96. The van der Waals surface area contributed by atoms with Crippen molar-refractivity contribution in [3.8, 4) is 17.2 Å². The fourth-order valence-corrected chi connectivity index (χ4v) is 4.89. The molecule has 2 aliphatic heterocycles. The Labute approximate surface area is 197 Å². The zero-order chi connectivity index (χ0) is 23.0. The highest BCUT2D eigenvalue weighted by Gasteiger charge is 2.27. The zero-order valence-electron chi connectivity index (χ0n) is 20.2. The molecule has 33 heavy (non-hydrogen) atoms. The maximum atomic E-state index is 5.66. The first kappa shape index (κ1) is 23.4. The molecule has 0 aliphatic carbocycles. The third-order valence-electron chi connectivity index (χ3n) is 6.74. The summed E-state index contributed by atoms with van der Waals surface area (Å²) in [6.07, 6.45) is 9.28. The topological polar surface area (TPSA) is 72.0 Å². The summed E-state index contributed by atoms with van der Waals surface area (Å²) >= 11 is 0. The monoisotopic (exact) mass is 455 g/mol. The molecule has 1 aromatic heterocycles. The van der Waals surface area contributed by atoms with Crippen LogP contribution < -0.4 is 24.4 Å². The van der Waals surface area contributed by atoms with Gasteiger partial charge in [0.25, 0.3) is 0 Å². The van der Waals surface area contributed by atoms with Gasteiger partial charge in [-0.1, -0.05) is 12.8 Å². The fraction of sp³-hybridized carbons (Fsp3) is 0.600. The van der Waals surface area contributed by atoms with Crippen LogP contribution in [0.3, 0.4) is 0 Å². The van der Waals surface area contributed by atoms with Gasteiger partial charge in [-0.25, -0.2) is 4.98 Å². The Morgan fingerprint density at radius 2 is 1.67 bits per heavy atom. The van der Waals surface area contributed by atoms with Crippen LogP contribution in [0.15, 0.2) is 24.4 Å². The van der Waals surface area contributed by atoms with E-state index in [-0.39, 0.29) is 0 Å². The summed E-state index contributed by atoms with van der Waals surface area (Å²) in [6, 6.07) is 6.26. The number of aromatic nitrogens is 2. The molecule has 2 aromatic rings. The molecule has 180 valence electrons. The smallest absolute Gasteiger partial charge is 0.224 e. The molecular formula is C25H37N5O3. The van der Waals surface area contributed by atoms with Crippen molar-refractivity contribution >= 4 is 11.8 Å². The quantitative estimate of drug-likeness (QED) is 0.609. The Hall–Kier alpha value is -2.74. The van der Waals surface area contributed by atoms with Crippen molar-refractivity contribution < 1.29 is 14.2 Å². The number of nitrogens with one attached hydrogen (secondary N) is 1. The second kappa shape index (κ2) is 11.4. The van der Waals surface area contributed by atoms with E-state index in [4.69, 9.17) is 19.2 Å². The molecule has 1 atom stereocenters. The van der Waals surface area contributed by atoms with Crippen molar-refractivity contribution in [2.45, 2.75) is 51.1 Å². The molecule has 8 heteroatoms. The summed E-state index contributed by atoms with van der Waals surface area (Å²) in [7, 11) is 5.03. The zero-order valence-corrected chi connectivity index (χ0v) is 20.2. The molecule has 0 radical (unpaired) electrons. The first-order valence-corrected chi connectivity index (χ1v) is 12.1. The van der Waals surface area contributed by atoms with Crippen molar-refractivity contribution in [1.29, 1.82) is 0 Å². The largest absolute Gasteiger partial charge is 0.496 e. The van der Waals surface area contributed by atoms with E-state index in [0.29, 0.717) is 12.0 Å². The molecular weight excluding hydrogens is 418 g/mol. The lowest BCUT2D eigenvalue weighted by molar-refractivity contribution is 0.244. The Morgan fingerprint density at radius 3 is 2.33 bits per heavy atom. The first-order valence-electron chi connectivity index (χ1n) is 12.1. The molecule has 3 heterocycles. The van der Waals surface area contributed by atoms with E-state index in [1.807, 2.05) is 24.4 Å². The van der Waals surface area contributed by atoms with Gasteiger partial charge in [0.15, 0.2) is 0 Å². The van der Waals surface area contributed by atoms with Gasteiger partial charge in [-0.15, -0.1) is 0 Å². The highest BCUT2D eigenvalue weighted by molar-refractivity contribution is 5.51. The third-order valence-corrected chi connectivity index (χ3v) is 6.74. The van der Waals surface area contributed by atoms with Gasteiger partial charge < -0.3 is 24.4 Å². The molecule has 0 amide bonds. The standard InChI is InChI=1S/C25H37N5O3/c1-31-20-15-22(32-2)21(23(16-20)33-3)18-30-14-8-9-19(30)17-27-25-26-11-10-24(28-25)29-12-6-4-5-7-13-29/h10-11,15-16,19H,4-9,12-14,17-18H2,1-3H3,(H,26,27,28). The highest BCUT2D eigenvalue weighted by atomic mass is 16.5. The lowest BCUT2D eigenvalue weighted by Crippen LogP contribution is -2.35. The number of hydrogen-bond acceptors (Lipinski definition) is 8. The van der Waals surface area contributed by atoms with E-state index in [1.165, 1.54) is 32.1 Å². The number of benzene rings is 1. The van der Waals surface area contributed by atoms with E-state index in [0.717, 1.165) is 67.8 Å². The van der Waals surface area contributed by atoms with Crippen molar-refractivity contribution in [3.63, 3.8) is 0 Å². The minimum absolute atomic E-state index is 0.395. The number of methoxy groups -OCH3 is 3. The molecule has 2 saturated heterocycles. The summed E-state index contributed by atoms with van der Waals surface area (Å²) in [5.74, 6) is 4.05. The highest BCUT2D eigenvalue weighted by Crippen LogP contribution is 2.36. The minimum Gasteiger partial charge on any atom is -0.496 e. The van der Waals surface area contributed by atoms with Crippen molar-refractivity contribution in [2.24, 2.45) is 0 Å². The summed E-state index contributed by atoms with van der Waals surface area (Å²) < 4.78 is 16.7. The predicted molar refractivity (Wildman–Crippen MR) is 131 cm³/mol. The van der Waals surface area contributed by atoms with Gasteiger partial charge in [0.2, 0.25) is 5.95 Å². The third kappa shape index (κ3) is 5.79. The van der Waals surface area contributed by atoms with Crippen LogP contribution >= 0.6 is 0 Å². The molecule has 1 unspecified atom stereocenters. The molecule has 1 aromatic carbocycles. The van der Waals surface area contributed by atoms with Gasteiger partial charge in [-0.3, -0.25) is 4.90 Å². The average molecular weight is 456 g/mol. The van der Waals surface area contributed by atoms with Crippen LogP contribution in [0, 0.1) is 0 Å². The van der Waals surface area contributed by atoms with Crippen LogP contribution in [0.1, 0.15) is 44.1 Å². The number of likely N-dealkylation sites (tertiary alicyclic amines) is 1. The van der Waals surface area contributed by atoms with Gasteiger partial charge in [-0.2, -0.15) is 4.98 Å². The van der Waals surface area contributed by atoms with Crippen LogP contribution in [0.25, 0.3) is 0 Å². The van der Waals surface area contributed by atoms with Crippen LogP contribution in [0.5, 0.6) is 17.2 Å².